The highest BCUT2D eigenvalue weighted by atomic mass is 16.5. The van der Waals surface area contributed by atoms with Gasteiger partial charge in [0, 0.05) is 13.8 Å². The maximum absolute atomic E-state index is 7.31. The maximum Gasteiger partial charge on any atom is 0.314 e. The number of allylic oxidation sites excluding steroid dienone is 2. The van der Waals surface area contributed by atoms with E-state index in [9.17, 15) is 0 Å². The highest BCUT2D eigenvalue weighted by Crippen LogP contribution is 2.64. The van der Waals surface area contributed by atoms with Gasteiger partial charge in [-0.15, -0.1) is 0 Å². The molecule has 1 aromatic heterocycles. The van der Waals surface area contributed by atoms with Crippen LogP contribution < -0.4 is 14.0 Å². The summed E-state index contributed by atoms with van der Waals surface area (Å²) in [5.41, 5.74) is 6.20. The Balaban J connectivity index is 1.59. The fourth-order valence-electron chi connectivity index (χ4n) is 7.83. The molecule has 0 saturated heterocycles. The topological polar surface area (TPSA) is 27.3 Å². The van der Waals surface area contributed by atoms with Gasteiger partial charge in [-0.3, -0.25) is 0 Å². The predicted molar refractivity (Wildman–Crippen MR) is 139 cm³/mol. The molecule has 1 spiro atoms. The quantitative estimate of drug-likeness (QED) is 0.241. The van der Waals surface area contributed by atoms with Crippen LogP contribution in [0.3, 0.4) is 0 Å². The summed E-state index contributed by atoms with van der Waals surface area (Å²) >= 11 is 0. The average molecular weight is 474 g/mol. The zero-order valence-electron chi connectivity index (χ0n) is 21.1. The van der Waals surface area contributed by atoms with Crippen molar-refractivity contribution in [1.82, 2.24) is 4.57 Å². The van der Waals surface area contributed by atoms with Crippen LogP contribution in [0.25, 0.3) is 11.4 Å². The summed E-state index contributed by atoms with van der Waals surface area (Å²) in [5.74, 6) is 3.86. The molecule has 2 unspecified atom stereocenters. The number of aromatic nitrogens is 2. The summed E-state index contributed by atoms with van der Waals surface area (Å²) in [6, 6.07) is 23.3. The van der Waals surface area contributed by atoms with Crippen molar-refractivity contribution >= 4 is 0 Å². The Kier molecular flexibility index (Phi) is 3.57. The van der Waals surface area contributed by atoms with Crippen LogP contribution in [0.2, 0.25) is 0 Å². The lowest BCUT2D eigenvalue weighted by Crippen LogP contribution is -2.68. The second kappa shape index (κ2) is 6.31. The Morgan fingerprint density at radius 3 is 2.00 bits per heavy atom. The minimum atomic E-state index is -0.860. The highest BCUT2D eigenvalue weighted by molar-refractivity contribution is 5.77. The van der Waals surface area contributed by atoms with Gasteiger partial charge in [-0.2, -0.15) is 4.57 Å². The number of nitrogens with zero attached hydrogens (tertiary/aromatic N) is 2. The molecule has 1 aliphatic carbocycles. The monoisotopic (exact) mass is 473 g/mol. The molecule has 0 amide bonds. The summed E-state index contributed by atoms with van der Waals surface area (Å²) in [7, 11) is 0. The molecule has 4 nitrogen and oxygen atoms in total. The molecule has 8 rings (SSSR count). The van der Waals surface area contributed by atoms with Gasteiger partial charge < -0.3 is 9.47 Å². The molecule has 3 aliphatic heterocycles. The fourth-order valence-corrected chi connectivity index (χ4v) is 7.83. The second-order valence-corrected chi connectivity index (χ2v) is 10.6. The summed E-state index contributed by atoms with van der Waals surface area (Å²) in [5, 5.41) is 0. The molecule has 4 heteroatoms. The number of para-hydroxylation sites is 2. The number of benzene rings is 3. The highest BCUT2D eigenvalue weighted by Gasteiger charge is 2.68. The van der Waals surface area contributed by atoms with Gasteiger partial charge in [-0.1, -0.05) is 56.3 Å². The van der Waals surface area contributed by atoms with E-state index in [-0.39, 0.29) is 11.0 Å². The minimum absolute atomic E-state index is 0.0342. The summed E-state index contributed by atoms with van der Waals surface area (Å²) < 4.78 is 18.9. The third kappa shape index (κ3) is 1.88. The lowest BCUT2D eigenvalue weighted by Gasteiger charge is -2.55. The van der Waals surface area contributed by atoms with Crippen molar-refractivity contribution in [2.24, 2.45) is 0 Å². The van der Waals surface area contributed by atoms with Crippen molar-refractivity contribution in [2.45, 2.75) is 57.2 Å². The Morgan fingerprint density at radius 1 is 0.750 bits per heavy atom. The van der Waals surface area contributed by atoms with E-state index in [1.165, 1.54) is 28.3 Å². The van der Waals surface area contributed by atoms with Gasteiger partial charge in [0.05, 0.1) is 16.5 Å². The first-order valence-electron chi connectivity index (χ1n) is 13.1. The third-order valence-electron chi connectivity index (χ3n) is 9.56. The van der Waals surface area contributed by atoms with Gasteiger partial charge in [0.15, 0.2) is 0 Å². The van der Waals surface area contributed by atoms with Crippen LogP contribution in [0.15, 0.2) is 78.9 Å². The maximum atomic E-state index is 7.31. The molecule has 4 aliphatic rings. The lowest BCUT2D eigenvalue weighted by molar-refractivity contribution is -0.776. The van der Waals surface area contributed by atoms with Gasteiger partial charge in [0.1, 0.15) is 39.7 Å². The van der Waals surface area contributed by atoms with Crippen molar-refractivity contribution in [3.63, 3.8) is 0 Å². The predicted octanol–water partition coefficient (Wildman–Crippen LogP) is 6.64. The van der Waals surface area contributed by atoms with Crippen LogP contribution in [0.1, 0.15) is 54.8 Å². The van der Waals surface area contributed by atoms with E-state index in [0.29, 0.717) is 0 Å². The molecule has 0 radical (unpaired) electrons. The second-order valence-electron chi connectivity index (χ2n) is 10.6. The molecule has 178 valence electrons. The standard InChI is InChI=1S/C32H29N2O2/c1-5-30-18-19-31(30,6-2)33-20(3)21(4)34-29(33)28-24(30)14-11-17-27(28)36-32(34)22-12-7-9-15-25(22)35-26-16-10-8-13-23(26)32/h7-19H,5-6H2,1-4H3/q+1. The summed E-state index contributed by atoms with van der Waals surface area (Å²) in [4.78, 5) is 0. The van der Waals surface area contributed by atoms with Gasteiger partial charge in [-0.25, -0.2) is 4.57 Å². The van der Waals surface area contributed by atoms with Crippen LogP contribution >= 0.6 is 0 Å². The molecule has 0 N–H and O–H groups in total. The Hall–Kier alpha value is -3.79. The van der Waals surface area contributed by atoms with Crippen LogP contribution in [-0.4, -0.2) is 4.57 Å². The molecule has 3 aromatic carbocycles. The summed E-state index contributed by atoms with van der Waals surface area (Å²) in [6.07, 6.45) is 6.98. The van der Waals surface area contributed by atoms with Crippen molar-refractivity contribution < 1.29 is 14.0 Å². The summed E-state index contributed by atoms with van der Waals surface area (Å²) in [6.45, 7) is 9.19. The molecule has 36 heavy (non-hydrogen) atoms. The average Bonchev–Trinajstić information content (AvgIpc) is 3.16. The van der Waals surface area contributed by atoms with Crippen LogP contribution in [0.4, 0.5) is 0 Å². The molecule has 4 heterocycles. The van der Waals surface area contributed by atoms with Crippen molar-refractivity contribution in [3.8, 4) is 28.6 Å². The van der Waals surface area contributed by atoms with E-state index in [1.54, 1.807) is 0 Å². The SMILES string of the molecule is CCC12C=CC1(CC)n1c(C)c(C)[n+]3c1-c1c(cccc12)OC31c2ccccc2Oc2ccccc21. The van der Waals surface area contributed by atoms with E-state index in [2.05, 4.69) is 104 Å². The molecule has 0 saturated carbocycles. The molecule has 2 atom stereocenters. The van der Waals surface area contributed by atoms with E-state index >= 15 is 0 Å². The normalized spacial score (nSPS) is 24.6. The fraction of sp³-hybridized carbons (Fsp3) is 0.281. The number of hydrogen-bond acceptors (Lipinski definition) is 2. The van der Waals surface area contributed by atoms with Crippen molar-refractivity contribution in [1.29, 1.82) is 0 Å². The van der Waals surface area contributed by atoms with Crippen molar-refractivity contribution in [3.05, 3.63) is 107 Å². The number of hydrogen-bond donors (Lipinski definition) is 0. The first kappa shape index (κ1) is 20.4. The largest absolute Gasteiger partial charge is 0.456 e. The van der Waals surface area contributed by atoms with E-state index in [1.807, 2.05) is 12.1 Å². The Morgan fingerprint density at radius 2 is 1.39 bits per heavy atom. The number of fused-ring (bicyclic) bond motifs is 8. The molecular weight excluding hydrogens is 444 g/mol. The van der Waals surface area contributed by atoms with E-state index < -0.39 is 5.72 Å². The van der Waals surface area contributed by atoms with Gasteiger partial charge in [0.2, 0.25) is 0 Å². The van der Waals surface area contributed by atoms with Crippen LogP contribution in [0.5, 0.6) is 17.2 Å². The zero-order valence-corrected chi connectivity index (χ0v) is 21.1. The van der Waals surface area contributed by atoms with Crippen LogP contribution in [0, 0.1) is 13.8 Å². The molecule has 4 aromatic rings. The van der Waals surface area contributed by atoms with E-state index in [4.69, 9.17) is 9.47 Å². The lowest BCUT2D eigenvalue weighted by atomic mass is 9.52. The minimum Gasteiger partial charge on any atom is -0.456 e. The number of imidazole rings is 1. The smallest absolute Gasteiger partial charge is 0.314 e. The van der Waals surface area contributed by atoms with E-state index in [0.717, 1.165) is 41.2 Å². The number of ether oxygens (including phenoxy) is 2. The van der Waals surface area contributed by atoms with Crippen LogP contribution in [-0.2, 0) is 16.7 Å². The Bertz CT molecular complexity index is 1620. The zero-order chi connectivity index (χ0) is 24.4. The van der Waals surface area contributed by atoms with Gasteiger partial charge in [-0.05, 0) is 54.8 Å². The molecular formula is C32H29N2O2+. The van der Waals surface area contributed by atoms with Crippen molar-refractivity contribution in [2.75, 3.05) is 0 Å². The molecule has 0 fully saturated rings. The first-order valence-corrected chi connectivity index (χ1v) is 13.1. The van der Waals surface area contributed by atoms with Gasteiger partial charge in [0.25, 0.3) is 5.82 Å². The Labute approximate surface area is 211 Å². The van der Waals surface area contributed by atoms with Gasteiger partial charge >= 0.3 is 5.72 Å². The first-order chi connectivity index (χ1) is 17.5. The number of rotatable bonds is 2. The molecule has 0 bridgehead atoms. The third-order valence-corrected chi connectivity index (χ3v) is 9.56.